The third-order valence-electron chi connectivity index (χ3n) is 11.8. The molecule has 0 unspecified atom stereocenters. The van der Waals surface area contributed by atoms with Gasteiger partial charge >= 0.3 is 0 Å². The van der Waals surface area contributed by atoms with Gasteiger partial charge in [-0.25, -0.2) is 0 Å². The molecule has 2 aromatic carbocycles. The van der Waals surface area contributed by atoms with E-state index in [1.807, 2.05) is 53.4 Å². The van der Waals surface area contributed by atoms with Crippen LogP contribution in [0.3, 0.4) is 0 Å². The molecule has 1 spiro atoms. The number of hydrogen-bond acceptors (Lipinski definition) is 11. The third-order valence-corrected chi connectivity index (χ3v) is 11.8. The number of anilines is 1. The van der Waals surface area contributed by atoms with E-state index >= 15 is 0 Å². The smallest absolute Gasteiger partial charge is 0.229 e. The number of nitrogens with one attached hydrogen (secondary N) is 1. The average molecular weight is 878 g/mol. The molecule has 2 aromatic rings. The number of benzene rings is 2. The second-order valence-electron chi connectivity index (χ2n) is 16.2. The van der Waals surface area contributed by atoms with Gasteiger partial charge in [-0.05, 0) is 74.1 Å². The fraction of sp³-hybridized carbons (Fsp3) is 0.653. The maximum absolute atomic E-state index is 13.6. The van der Waals surface area contributed by atoms with E-state index in [4.69, 9.17) is 37.9 Å². The standard InChI is InChI=1S/C49H71N3O11/c1-2-24-56-26-28-58-30-32-60-34-36-62-38-39-63-37-35-61-33-31-59-29-27-57-25-16-46(53)51-22-19-49(20-23-51)17-13-43(14-18-49)48(55)50-21-15-47(54)52-40-44-9-4-3-7-41(44)11-12-42-8-5-6-10-45(42)52/h3-10,43H,2,13-40H2,1H3,(H,50,55). The van der Waals surface area contributed by atoms with Gasteiger partial charge in [0.2, 0.25) is 17.7 Å². The maximum atomic E-state index is 13.6. The number of piperidine rings is 1. The molecule has 2 aliphatic heterocycles. The van der Waals surface area contributed by atoms with Gasteiger partial charge in [-0.3, -0.25) is 14.4 Å². The van der Waals surface area contributed by atoms with E-state index in [0.29, 0.717) is 119 Å². The number of likely N-dealkylation sites (tertiary alicyclic amines) is 1. The van der Waals surface area contributed by atoms with Crippen LogP contribution in [0.5, 0.6) is 0 Å². The van der Waals surface area contributed by atoms with Crippen LogP contribution in [0.4, 0.5) is 5.69 Å². The monoisotopic (exact) mass is 878 g/mol. The Balaban J connectivity index is 0.809. The number of carbonyl (C=O) groups is 3. The number of amides is 3. The second kappa shape index (κ2) is 29.5. The zero-order valence-corrected chi connectivity index (χ0v) is 37.6. The highest BCUT2D eigenvalue weighted by molar-refractivity contribution is 5.95. The highest BCUT2D eigenvalue weighted by Gasteiger charge is 2.40. The van der Waals surface area contributed by atoms with Crippen molar-refractivity contribution >= 4 is 23.4 Å². The molecule has 3 amide bonds. The van der Waals surface area contributed by atoms with Crippen molar-refractivity contribution < 1.29 is 52.3 Å². The molecule has 2 heterocycles. The SMILES string of the molecule is CCCOCCOCCOCCOCCOCCOCCOCCOCCC(=O)N1CCC2(CCC(C(=O)NCCC(=O)N3Cc4ccccc4C#Cc4ccccc43)CC2)CC1. The summed E-state index contributed by atoms with van der Waals surface area (Å²) < 4.78 is 44.0. The Morgan fingerprint density at radius 2 is 1.06 bits per heavy atom. The molecule has 0 radical (unpaired) electrons. The number of para-hydroxylation sites is 1. The summed E-state index contributed by atoms with van der Waals surface area (Å²) in [6.45, 7) is 12.6. The lowest BCUT2D eigenvalue weighted by molar-refractivity contribution is -0.135. The van der Waals surface area contributed by atoms with Crippen LogP contribution in [0.1, 0.15) is 81.4 Å². The lowest BCUT2D eigenvalue weighted by Gasteiger charge is -2.45. The summed E-state index contributed by atoms with van der Waals surface area (Å²) in [5.74, 6) is 6.56. The highest BCUT2D eigenvalue weighted by Crippen LogP contribution is 2.46. The minimum Gasteiger partial charge on any atom is -0.379 e. The minimum atomic E-state index is -0.0465. The number of fused-ring (bicyclic) bond motifs is 2. The van der Waals surface area contributed by atoms with Crippen molar-refractivity contribution in [3.8, 4) is 11.8 Å². The van der Waals surface area contributed by atoms with Gasteiger partial charge in [0.1, 0.15) is 0 Å². The summed E-state index contributed by atoms with van der Waals surface area (Å²) in [6.07, 6.45) is 7.16. The van der Waals surface area contributed by atoms with E-state index in [9.17, 15) is 14.4 Å². The van der Waals surface area contributed by atoms with Gasteiger partial charge in [-0.1, -0.05) is 49.1 Å². The number of nitrogens with zero attached hydrogens (tertiary/aromatic N) is 2. The predicted molar refractivity (Wildman–Crippen MR) is 239 cm³/mol. The first-order valence-corrected chi connectivity index (χ1v) is 23.1. The van der Waals surface area contributed by atoms with Crippen LogP contribution in [-0.2, 0) is 58.8 Å². The van der Waals surface area contributed by atoms with E-state index in [2.05, 4.69) is 24.1 Å². The Labute approximate surface area is 374 Å². The summed E-state index contributed by atoms with van der Waals surface area (Å²) in [7, 11) is 0. The Bertz CT molecular complexity index is 1700. The lowest BCUT2D eigenvalue weighted by Crippen LogP contribution is -2.46. The molecule has 1 aliphatic carbocycles. The van der Waals surface area contributed by atoms with Gasteiger partial charge in [0, 0.05) is 49.7 Å². The molecule has 5 rings (SSSR count). The molecule has 2 fully saturated rings. The van der Waals surface area contributed by atoms with Crippen LogP contribution < -0.4 is 10.2 Å². The van der Waals surface area contributed by atoms with Gasteiger partial charge in [-0.15, -0.1) is 0 Å². The fourth-order valence-corrected chi connectivity index (χ4v) is 8.11. The summed E-state index contributed by atoms with van der Waals surface area (Å²) in [6, 6.07) is 15.7. The molecule has 0 bridgehead atoms. The predicted octanol–water partition coefficient (Wildman–Crippen LogP) is 5.17. The molecule has 63 heavy (non-hydrogen) atoms. The van der Waals surface area contributed by atoms with E-state index in [1.165, 1.54) is 0 Å². The van der Waals surface area contributed by atoms with Crippen LogP contribution in [0.25, 0.3) is 0 Å². The molecule has 0 aromatic heterocycles. The van der Waals surface area contributed by atoms with Gasteiger partial charge < -0.3 is 53.0 Å². The first kappa shape index (κ1) is 50.1. The average Bonchev–Trinajstić information content (AvgIpc) is 3.30. The minimum absolute atomic E-state index is 0.0352. The molecule has 14 heteroatoms. The van der Waals surface area contributed by atoms with E-state index < -0.39 is 0 Å². The molecular formula is C49H71N3O11. The van der Waals surface area contributed by atoms with Crippen molar-refractivity contribution in [1.82, 2.24) is 10.2 Å². The van der Waals surface area contributed by atoms with Crippen LogP contribution in [0.2, 0.25) is 0 Å². The summed E-state index contributed by atoms with van der Waals surface area (Å²) in [5.41, 5.74) is 3.74. The summed E-state index contributed by atoms with van der Waals surface area (Å²) in [5, 5.41) is 3.06. The molecule has 14 nitrogen and oxygen atoms in total. The van der Waals surface area contributed by atoms with Crippen LogP contribution in [0, 0.1) is 23.2 Å². The van der Waals surface area contributed by atoms with Gasteiger partial charge in [0.05, 0.1) is 118 Å². The number of rotatable bonds is 30. The summed E-state index contributed by atoms with van der Waals surface area (Å²) >= 11 is 0. The molecule has 1 N–H and O–H groups in total. The molecule has 0 atom stereocenters. The van der Waals surface area contributed by atoms with E-state index in [0.717, 1.165) is 87.0 Å². The van der Waals surface area contributed by atoms with Gasteiger partial charge in [0.15, 0.2) is 0 Å². The van der Waals surface area contributed by atoms with Crippen molar-refractivity contribution in [3.63, 3.8) is 0 Å². The summed E-state index contributed by atoms with van der Waals surface area (Å²) in [4.78, 5) is 43.5. The number of carbonyl (C=O) groups excluding carboxylic acids is 3. The maximum Gasteiger partial charge on any atom is 0.229 e. The number of ether oxygens (including phenoxy) is 8. The molecule has 348 valence electrons. The largest absolute Gasteiger partial charge is 0.379 e. The van der Waals surface area contributed by atoms with Gasteiger partial charge in [0.25, 0.3) is 0 Å². The van der Waals surface area contributed by atoms with Crippen LogP contribution >= 0.6 is 0 Å². The zero-order chi connectivity index (χ0) is 44.2. The van der Waals surface area contributed by atoms with Crippen molar-refractivity contribution in [2.45, 2.75) is 71.3 Å². The first-order valence-electron chi connectivity index (χ1n) is 23.1. The fourth-order valence-electron chi connectivity index (χ4n) is 8.11. The number of hydrogen-bond donors (Lipinski definition) is 1. The Hall–Kier alpha value is -3.91. The van der Waals surface area contributed by atoms with Crippen molar-refractivity contribution in [3.05, 3.63) is 65.2 Å². The molecular weight excluding hydrogens is 807 g/mol. The van der Waals surface area contributed by atoms with Crippen molar-refractivity contribution in [2.75, 3.05) is 130 Å². The van der Waals surface area contributed by atoms with Gasteiger partial charge in [-0.2, -0.15) is 0 Å². The van der Waals surface area contributed by atoms with Crippen molar-refractivity contribution in [1.29, 1.82) is 0 Å². The van der Waals surface area contributed by atoms with E-state index in [-0.39, 0.29) is 35.5 Å². The normalized spacial score (nSPS) is 15.8. The Morgan fingerprint density at radius 3 is 1.62 bits per heavy atom. The Morgan fingerprint density at radius 1 is 0.587 bits per heavy atom. The van der Waals surface area contributed by atoms with Crippen LogP contribution in [0.15, 0.2) is 48.5 Å². The quantitative estimate of drug-likeness (QED) is 0.0821. The zero-order valence-electron chi connectivity index (χ0n) is 37.6. The molecule has 1 saturated carbocycles. The lowest BCUT2D eigenvalue weighted by atomic mass is 9.65. The van der Waals surface area contributed by atoms with Crippen LogP contribution in [-0.4, -0.2) is 148 Å². The Kier molecular flexibility index (Phi) is 23.5. The van der Waals surface area contributed by atoms with E-state index in [1.54, 1.807) is 4.90 Å². The second-order valence-corrected chi connectivity index (χ2v) is 16.2. The first-order chi connectivity index (χ1) is 31.0. The topological polar surface area (TPSA) is 144 Å². The van der Waals surface area contributed by atoms with Crippen molar-refractivity contribution in [2.24, 2.45) is 11.3 Å². The molecule has 1 saturated heterocycles. The third kappa shape index (κ3) is 18.2. The molecule has 3 aliphatic rings. The highest BCUT2D eigenvalue weighted by atomic mass is 16.6.